The summed E-state index contributed by atoms with van der Waals surface area (Å²) >= 11 is 0. The van der Waals surface area contributed by atoms with Gasteiger partial charge in [0.05, 0.1) is 37.2 Å². The van der Waals surface area contributed by atoms with Gasteiger partial charge in [-0.2, -0.15) is 0 Å². The van der Waals surface area contributed by atoms with E-state index in [2.05, 4.69) is 10.6 Å². The molecule has 2 aliphatic rings. The molecule has 9 nitrogen and oxygen atoms in total. The number of rotatable bonds is 7. The summed E-state index contributed by atoms with van der Waals surface area (Å²) in [7, 11) is 3.46. The molecule has 2 fully saturated rings. The SMILES string of the molecule is COc1cc(C(=O)N2C[C@H](N)C[C@@H](F)C2)cc2nc(-c3cc4ccc(-c5ccc(CO)c(F)c5)nc4n3CC3CC3)n(C)c12. The van der Waals surface area contributed by atoms with Crippen LogP contribution in [-0.2, 0) is 20.2 Å². The molecule has 5 aromatic rings. The van der Waals surface area contributed by atoms with Crippen LogP contribution in [0, 0.1) is 11.7 Å². The fourth-order valence-electron chi connectivity index (χ4n) is 6.29. The van der Waals surface area contributed by atoms with Crippen molar-refractivity contribution in [3.05, 3.63) is 65.5 Å². The number of piperidine rings is 1. The third kappa shape index (κ3) is 4.99. The monoisotopic (exact) mass is 600 g/mol. The summed E-state index contributed by atoms with van der Waals surface area (Å²) in [6, 6.07) is 13.6. The van der Waals surface area contributed by atoms with Crippen molar-refractivity contribution in [2.45, 2.75) is 44.6 Å². The molecule has 0 radical (unpaired) electrons. The average molecular weight is 601 g/mol. The maximum absolute atomic E-state index is 14.5. The summed E-state index contributed by atoms with van der Waals surface area (Å²) in [6.07, 6.45) is 1.35. The summed E-state index contributed by atoms with van der Waals surface area (Å²) in [6.45, 7) is 0.697. The lowest BCUT2D eigenvalue weighted by molar-refractivity contribution is 0.0606. The van der Waals surface area contributed by atoms with E-state index in [-0.39, 0.29) is 31.0 Å². The lowest BCUT2D eigenvalue weighted by Crippen LogP contribution is -2.50. The highest BCUT2D eigenvalue weighted by molar-refractivity contribution is 6.00. The Morgan fingerprint density at radius 1 is 1.11 bits per heavy atom. The fourth-order valence-corrected chi connectivity index (χ4v) is 6.29. The maximum atomic E-state index is 14.5. The highest BCUT2D eigenvalue weighted by Gasteiger charge is 2.30. The number of fused-ring (bicyclic) bond motifs is 2. The number of aromatic nitrogens is 4. The van der Waals surface area contributed by atoms with Crippen molar-refractivity contribution in [1.29, 1.82) is 0 Å². The number of ether oxygens (including phenoxy) is 1. The van der Waals surface area contributed by atoms with Crippen LogP contribution in [0.1, 0.15) is 35.2 Å². The van der Waals surface area contributed by atoms with Gasteiger partial charge < -0.3 is 29.6 Å². The van der Waals surface area contributed by atoms with E-state index >= 15 is 0 Å². The molecule has 0 bridgehead atoms. The van der Waals surface area contributed by atoms with Crippen molar-refractivity contribution < 1.29 is 23.4 Å². The first-order valence-corrected chi connectivity index (χ1v) is 14.9. The van der Waals surface area contributed by atoms with Crippen LogP contribution in [0.15, 0.2) is 48.5 Å². The first-order valence-electron chi connectivity index (χ1n) is 14.9. The number of aliphatic hydroxyl groups is 1. The Hall–Kier alpha value is -4.35. The minimum Gasteiger partial charge on any atom is -0.494 e. The third-order valence-electron chi connectivity index (χ3n) is 8.75. The molecule has 1 saturated carbocycles. The number of hydrogen-bond acceptors (Lipinski definition) is 6. The molecule has 7 rings (SSSR count). The van der Waals surface area contributed by atoms with Gasteiger partial charge in [-0.05, 0) is 61.6 Å². The lowest BCUT2D eigenvalue weighted by atomic mass is 10.0. The number of pyridine rings is 1. The third-order valence-corrected chi connectivity index (χ3v) is 8.75. The smallest absolute Gasteiger partial charge is 0.254 e. The second-order valence-electron chi connectivity index (χ2n) is 12.0. The number of likely N-dealkylation sites (tertiary alicyclic amines) is 1. The van der Waals surface area contributed by atoms with Gasteiger partial charge in [-0.25, -0.2) is 18.7 Å². The van der Waals surface area contributed by atoms with Gasteiger partial charge >= 0.3 is 0 Å². The van der Waals surface area contributed by atoms with E-state index in [4.69, 9.17) is 20.4 Å². The Bertz CT molecular complexity index is 1900. The number of methoxy groups -OCH3 is 1. The zero-order valence-electron chi connectivity index (χ0n) is 24.6. The molecule has 1 aliphatic carbocycles. The molecule has 44 heavy (non-hydrogen) atoms. The minimum absolute atomic E-state index is 0.00876. The predicted octanol–water partition coefficient (Wildman–Crippen LogP) is 4.82. The Labute approximate surface area is 252 Å². The molecule has 1 aliphatic heterocycles. The van der Waals surface area contributed by atoms with Gasteiger partial charge in [-0.1, -0.05) is 12.1 Å². The van der Waals surface area contributed by atoms with Crippen LogP contribution in [0.3, 0.4) is 0 Å². The number of alkyl halides is 1. The zero-order chi connectivity index (χ0) is 30.7. The average Bonchev–Trinajstić information content (AvgIpc) is 3.68. The first kappa shape index (κ1) is 28.4. The van der Waals surface area contributed by atoms with Gasteiger partial charge in [0, 0.05) is 48.3 Å². The van der Waals surface area contributed by atoms with Crippen LogP contribution in [-0.4, -0.2) is 67.4 Å². The Morgan fingerprint density at radius 2 is 1.93 bits per heavy atom. The van der Waals surface area contributed by atoms with E-state index in [0.29, 0.717) is 46.4 Å². The second kappa shape index (κ2) is 11.0. The van der Waals surface area contributed by atoms with Crippen LogP contribution < -0.4 is 10.5 Å². The van der Waals surface area contributed by atoms with E-state index < -0.39 is 18.0 Å². The number of halogens is 2. The Morgan fingerprint density at radius 3 is 2.64 bits per heavy atom. The first-order chi connectivity index (χ1) is 21.2. The summed E-state index contributed by atoms with van der Waals surface area (Å²) in [5.41, 5.74) is 10.8. The zero-order valence-corrected chi connectivity index (χ0v) is 24.6. The molecule has 228 valence electrons. The number of amides is 1. The molecule has 2 aromatic carbocycles. The van der Waals surface area contributed by atoms with E-state index in [1.54, 1.807) is 31.4 Å². The summed E-state index contributed by atoms with van der Waals surface area (Å²) in [5.74, 6) is 0.923. The number of nitrogens with two attached hydrogens (primary N) is 1. The van der Waals surface area contributed by atoms with Gasteiger partial charge in [0.15, 0.2) is 5.82 Å². The topological polar surface area (TPSA) is 111 Å². The number of aliphatic hydroxyl groups excluding tert-OH is 1. The van der Waals surface area contributed by atoms with Crippen LogP contribution in [0.2, 0.25) is 0 Å². The molecule has 11 heteroatoms. The molecular weight excluding hydrogens is 566 g/mol. The number of nitrogens with zero attached hydrogens (tertiary/aromatic N) is 5. The molecule has 1 amide bonds. The Balaban J connectivity index is 1.33. The summed E-state index contributed by atoms with van der Waals surface area (Å²) in [5, 5.41) is 10.3. The molecule has 4 heterocycles. The molecule has 0 unspecified atom stereocenters. The van der Waals surface area contributed by atoms with E-state index in [0.717, 1.165) is 41.6 Å². The number of carbonyl (C=O) groups is 1. The number of hydrogen-bond donors (Lipinski definition) is 2. The van der Waals surface area contributed by atoms with Crippen LogP contribution in [0.5, 0.6) is 5.75 Å². The minimum atomic E-state index is -1.16. The quantitative estimate of drug-likeness (QED) is 0.277. The molecule has 2 atom stereocenters. The summed E-state index contributed by atoms with van der Waals surface area (Å²) < 4.78 is 38.6. The van der Waals surface area contributed by atoms with Crippen molar-refractivity contribution in [3.8, 4) is 28.5 Å². The highest BCUT2D eigenvalue weighted by Crippen LogP contribution is 2.38. The van der Waals surface area contributed by atoms with Crippen LogP contribution in [0.25, 0.3) is 44.8 Å². The number of carbonyl (C=O) groups excluding carboxylic acids is 1. The molecular formula is C33H34F2N6O3. The van der Waals surface area contributed by atoms with Gasteiger partial charge in [0.2, 0.25) is 0 Å². The van der Waals surface area contributed by atoms with Gasteiger partial charge in [-0.15, -0.1) is 0 Å². The van der Waals surface area contributed by atoms with Crippen molar-refractivity contribution >= 4 is 28.0 Å². The lowest BCUT2D eigenvalue weighted by Gasteiger charge is -2.33. The van der Waals surface area contributed by atoms with Crippen molar-refractivity contribution in [2.24, 2.45) is 18.7 Å². The highest BCUT2D eigenvalue weighted by atomic mass is 19.1. The van der Waals surface area contributed by atoms with Gasteiger partial charge in [-0.3, -0.25) is 4.79 Å². The normalized spacial score (nSPS) is 18.8. The number of benzene rings is 2. The van der Waals surface area contributed by atoms with Gasteiger partial charge in [0.1, 0.15) is 28.9 Å². The maximum Gasteiger partial charge on any atom is 0.254 e. The van der Waals surface area contributed by atoms with E-state index in [9.17, 15) is 18.7 Å². The predicted molar refractivity (Wildman–Crippen MR) is 163 cm³/mol. The van der Waals surface area contributed by atoms with Gasteiger partial charge in [0.25, 0.3) is 5.91 Å². The number of imidazole rings is 1. The van der Waals surface area contributed by atoms with Crippen molar-refractivity contribution in [1.82, 2.24) is 24.0 Å². The fraction of sp³-hybridized carbons (Fsp3) is 0.364. The largest absolute Gasteiger partial charge is 0.494 e. The molecule has 1 saturated heterocycles. The Kier molecular flexibility index (Phi) is 7.09. The standard InChI is InChI=1S/C33H34F2N6O3/c1-39-30-27(10-22(12-29(30)44-2)33(43)40-15-23(34)13-24(36)16-40)38-32(39)28-11-20-7-8-26(19-5-6-21(17-42)25(35)9-19)37-31(20)41(28)14-18-3-4-18/h5-12,18,23-24,42H,3-4,13-17,36H2,1-2H3/t23-,24-/m1/s1. The molecule has 0 spiro atoms. The van der Waals surface area contributed by atoms with Crippen molar-refractivity contribution in [2.75, 3.05) is 20.2 Å². The number of aryl methyl sites for hydroxylation is 1. The van der Waals surface area contributed by atoms with E-state index in [1.807, 2.05) is 23.7 Å². The van der Waals surface area contributed by atoms with Crippen LogP contribution in [0.4, 0.5) is 8.78 Å². The summed E-state index contributed by atoms with van der Waals surface area (Å²) in [4.78, 5) is 24.9. The molecule has 3 N–H and O–H groups in total. The second-order valence-corrected chi connectivity index (χ2v) is 12.0. The van der Waals surface area contributed by atoms with Crippen LogP contribution >= 0.6 is 0 Å². The molecule has 3 aromatic heterocycles. The van der Waals surface area contributed by atoms with Crippen molar-refractivity contribution in [3.63, 3.8) is 0 Å². The van der Waals surface area contributed by atoms with E-state index in [1.165, 1.54) is 11.0 Å².